The van der Waals surface area contributed by atoms with E-state index in [2.05, 4.69) is 13.2 Å². The van der Waals surface area contributed by atoms with Gasteiger partial charge in [-0.05, 0) is 27.2 Å². The fourth-order valence-electron chi connectivity index (χ4n) is 0.393. The number of allylic oxidation sites excluding steroid dienone is 1. The summed E-state index contributed by atoms with van der Waals surface area (Å²) in [5, 5.41) is 8.24. The third kappa shape index (κ3) is 21.0. The van der Waals surface area contributed by atoms with Crippen molar-refractivity contribution in [1.29, 1.82) is 0 Å². The van der Waals surface area contributed by atoms with Gasteiger partial charge in [0.05, 0.1) is 0 Å². The van der Waals surface area contributed by atoms with Crippen molar-refractivity contribution in [2.75, 3.05) is 0 Å². The van der Waals surface area contributed by atoms with Crippen LogP contribution in [0.5, 0.6) is 0 Å². The highest BCUT2D eigenvalue weighted by Crippen LogP contribution is 1.92. The van der Waals surface area contributed by atoms with Crippen LogP contribution in [0.4, 0.5) is 0 Å². The maximum absolute atomic E-state index is 10.0. The van der Waals surface area contributed by atoms with E-state index in [1.807, 2.05) is 6.92 Å². The molecule has 0 unspecified atom stereocenters. The van der Waals surface area contributed by atoms with Gasteiger partial charge < -0.3 is 16.6 Å². The number of amides is 2. The molecule has 0 aromatic rings. The summed E-state index contributed by atoms with van der Waals surface area (Å²) in [6, 6.07) is 0. The van der Waals surface area contributed by atoms with Gasteiger partial charge in [0, 0.05) is 16.7 Å². The van der Waals surface area contributed by atoms with Crippen LogP contribution in [0.15, 0.2) is 36.0 Å². The number of carbonyl (C=O) groups is 3. The predicted molar refractivity (Wildman–Crippen MR) is 79.7 cm³/mol. The summed E-state index contributed by atoms with van der Waals surface area (Å²) < 4.78 is 0. The summed E-state index contributed by atoms with van der Waals surface area (Å²) in [7, 11) is 0. The first-order valence-corrected chi connectivity index (χ1v) is 5.77. The van der Waals surface area contributed by atoms with E-state index in [-0.39, 0.29) is 0 Å². The molecule has 0 aliphatic carbocycles. The number of aliphatic carboxylic acids is 1. The molecule has 0 saturated carbocycles. The summed E-state index contributed by atoms with van der Waals surface area (Å²) in [5.74, 6) is -1.70. The molecule has 0 radical (unpaired) electrons. The van der Waals surface area contributed by atoms with Gasteiger partial charge in [-0.2, -0.15) is 0 Å². The van der Waals surface area contributed by atoms with Crippen LogP contribution < -0.4 is 11.5 Å². The summed E-state index contributed by atoms with van der Waals surface area (Å²) in [4.78, 5) is 29.7. The van der Waals surface area contributed by atoms with Crippen LogP contribution in [-0.4, -0.2) is 22.9 Å². The maximum Gasteiger partial charge on any atom is 0.330 e. The van der Waals surface area contributed by atoms with Crippen molar-refractivity contribution < 1.29 is 19.5 Å². The first kappa shape index (κ1) is 22.8. The number of carboxylic acid groups (broad SMARTS) is 1. The second kappa shape index (κ2) is 13.1. The van der Waals surface area contributed by atoms with Crippen molar-refractivity contribution in [1.82, 2.24) is 0 Å². The molecule has 0 saturated heterocycles. The molecule has 0 fully saturated rings. The molecular weight excluding hydrogens is 260 g/mol. The molecule has 6 nitrogen and oxygen atoms in total. The molecule has 0 atom stereocenters. The molecule has 0 heterocycles. The van der Waals surface area contributed by atoms with E-state index < -0.39 is 17.8 Å². The third-order valence-electron chi connectivity index (χ3n) is 1.69. The van der Waals surface area contributed by atoms with Crippen molar-refractivity contribution in [2.45, 2.75) is 34.1 Å². The Bertz CT molecular complexity index is 361. The SMILES string of the molecule is C=C(C)C(N)=O.C=C(C)C(N)=O.CC/C=C(\C)C(=O)O. The Morgan fingerprint density at radius 1 is 1.00 bits per heavy atom. The summed E-state index contributed by atoms with van der Waals surface area (Å²) in [5.41, 5.74) is 10.6. The van der Waals surface area contributed by atoms with Crippen molar-refractivity contribution >= 4 is 17.8 Å². The van der Waals surface area contributed by atoms with Gasteiger partial charge in [0.2, 0.25) is 11.8 Å². The highest BCUT2D eigenvalue weighted by molar-refractivity contribution is 5.90. The Kier molecular flexibility index (Phi) is 14.9. The molecule has 0 bridgehead atoms. The maximum atomic E-state index is 10.0. The van der Waals surface area contributed by atoms with E-state index >= 15 is 0 Å². The van der Waals surface area contributed by atoms with Crippen molar-refractivity contribution in [2.24, 2.45) is 11.5 Å². The highest BCUT2D eigenvalue weighted by Gasteiger charge is 1.95. The molecular formula is C14H24N2O4. The lowest BCUT2D eigenvalue weighted by Crippen LogP contribution is -2.10. The van der Waals surface area contributed by atoms with E-state index in [9.17, 15) is 14.4 Å². The molecule has 20 heavy (non-hydrogen) atoms. The molecule has 0 aliphatic heterocycles. The Hall–Kier alpha value is -2.37. The summed E-state index contributed by atoms with van der Waals surface area (Å²) in [6.45, 7) is 13.2. The van der Waals surface area contributed by atoms with Crippen LogP contribution in [-0.2, 0) is 14.4 Å². The van der Waals surface area contributed by atoms with Crippen molar-refractivity contribution in [3.8, 4) is 0 Å². The predicted octanol–water partition coefficient (Wildman–Crippen LogP) is 1.52. The van der Waals surface area contributed by atoms with Crippen LogP contribution in [0.2, 0.25) is 0 Å². The van der Waals surface area contributed by atoms with Gasteiger partial charge in [0.15, 0.2) is 0 Å². The Morgan fingerprint density at radius 2 is 1.25 bits per heavy atom. The molecule has 2 amide bonds. The topological polar surface area (TPSA) is 123 Å². The standard InChI is InChI=1S/C6H10O2.2C4H7NO/c1-3-4-5(2)6(7)8;2*1-3(2)4(5)6/h4H,3H2,1-2H3,(H,7,8);2*1H2,2H3,(H2,5,6)/b5-4+;;. The van der Waals surface area contributed by atoms with Crippen molar-refractivity contribution in [3.63, 3.8) is 0 Å². The number of rotatable bonds is 4. The van der Waals surface area contributed by atoms with Crippen LogP contribution in [0.25, 0.3) is 0 Å². The van der Waals surface area contributed by atoms with E-state index in [0.717, 1.165) is 6.42 Å². The molecule has 5 N–H and O–H groups in total. The minimum atomic E-state index is -0.827. The Morgan fingerprint density at radius 3 is 1.30 bits per heavy atom. The average Bonchev–Trinajstić information content (AvgIpc) is 2.30. The van der Waals surface area contributed by atoms with Crippen LogP contribution >= 0.6 is 0 Å². The lowest BCUT2D eigenvalue weighted by atomic mass is 10.2. The zero-order valence-electron chi connectivity index (χ0n) is 12.5. The van der Waals surface area contributed by atoms with E-state index in [0.29, 0.717) is 16.7 Å². The molecule has 0 aliphatic rings. The molecule has 6 heteroatoms. The average molecular weight is 284 g/mol. The fourth-order valence-corrected chi connectivity index (χ4v) is 0.393. The molecule has 0 aromatic carbocycles. The normalized spacial score (nSPS) is 9.10. The fraction of sp³-hybridized carbons (Fsp3) is 0.357. The van der Waals surface area contributed by atoms with Gasteiger partial charge in [-0.1, -0.05) is 26.2 Å². The van der Waals surface area contributed by atoms with Gasteiger partial charge in [-0.3, -0.25) is 9.59 Å². The Balaban J connectivity index is -0.000000221. The molecule has 0 aromatic heterocycles. The quantitative estimate of drug-likeness (QED) is 0.677. The summed E-state index contributed by atoms with van der Waals surface area (Å²) >= 11 is 0. The molecule has 0 rings (SSSR count). The first-order valence-electron chi connectivity index (χ1n) is 5.77. The number of carboxylic acids is 1. The van der Waals surface area contributed by atoms with Gasteiger partial charge in [0.25, 0.3) is 0 Å². The number of primary amides is 2. The first-order chi connectivity index (χ1) is 8.97. The molecule has 0 spiro atoms. The second-order valence-corrected chi connectivity index (χ2v) is 3.89. The minimum absolute atomic E-state index is 0.398. The van der Waals surface area contributed by atoms with Crippen LogP contribution in [0.3, 0.4) is 0 Å². The summed E-state index contributed by atoms with van der Waals surface area (Å²) in [6.07, 6.45) is 2.47. The zero-order valence-corrected chi connectivity index (χ0v) is 12.5. The van der Waals surface area contributed by atoms with E-state index in [1.54, 1.807) is 26.8 Å². The van der Waals surface area contributed by atoms with Crippen LogP contribution in [0.1, 0.15) is 34.1 Å². The second-order valence-electron chi connectivity index (χ2n) is 3.89. The van der Waals surface area contributed by atoms with Gasteiger partial charge in [0.1, 0.15) is 0 Å². The molecule has 114 valence electrons. The number of carbonyl (C=O) groups excluding carboxylic acids is 2. The van der Waals surface area contributed by atoms with Gasteiger partial charge >= 0.3 is 5.97 Å². The third-order valence-corrected chi connectivity index (χ3v) is 1.69. The van der Waals surface area contributed by atoms with E-state index in [1.165, 1.54) is 0 Å². The van der Waals surface area contributed by atoms with E-state index in [4.69, 9.17) is 16.6 Å². The number of hydrogen-bond donors (Lipinski definition) is 3. The minimum Gasteiger partial charge on any atom is -0.478 e. The van der Waals surface area contributed by atoms with Crippen molar-refractivity contribution in [3.05, 3.63) is 36.0 Å². The lowest BCUT2D eigenvalue weighted by Gasteiger charge is -1.87. The smallest absolute Gasteiger partial charge is 0.330 e. The number of nitrogens with two attached hydrogens (primary N) is 2. The van der Waals surface area contributed by atoms with Gasteiger partial charge in [-0.15, -0.1) is 0 Å². The Labute approximate surface area is 119 Å². The monoisotopic (exact) mass is 284 g/mol. The highest BCUT2D eigenvalue weighted by atomic mass is 16.4. The lowest BCUT2D eigenvalue weighted by molar-refractivity contribution is -0.132. The van der Waals surface area contributed by atoms with Gasteiger partial charge in [-0.25, -0.2) is 4.79 Å². The largest absolute Gasteiger partial charge is 0.478 e. The number of hydrogen-bond acceptors (Lipinski definition) is 3. The zero-order chi connectivity index (χ0) is 16.9. The van der Waals surface area contributed by atoms with Crippen LogP contribution in [0, 0.1) is 0 Å².